The maximum Gasteiger partial charge on any atom is 0.148 e. The van der Waals surface area contributed by atoms with Gasteiger partial charge >= 0.3 is 0 Å². The molecular weight excluding hydrogens is 392 g/mol. The molecule has 0 aliphatic rings. The van der Waals surface area contributed by atoms with E-state index in [9.17, 15) is 0 Å². The van der Waals surface area contributed by atoms with E-state index in [2.05, 4.69) is 36.8 Å². The van der Waals surface area contributed by atoms with E-state index in [0.29, 0.717) is 13.2 Å². The van der Waals surface area contributed by atoms with Gasteiger partial charge in [0.15, 0.2) is 0 Å². The fraction of sp³-hybridized carbons (Fsp3) is 0.308. The van der Waals surface area contributed by atoms with E-state index < -0.39 is 0 Å². The van der Waals surface area contributed by atoms with Crippen molar-refractivity contribution in [1.82, 2.24) is 4.98 Å². The summed E-state index contributed by atoms with van der Waals surface area (Å²) >= 11 is 8.68. The van der Waals surface area contributed by atoms with Crippen molar-refractivity contribution in [1.29, 1.82) is 0 Å². The molecule has 6 heteroatoms. The highest BCUT2D eigenvalue weighted by atomic mass is 79.9. The maximum atomic E-state index is 5.82. The van der Waals surface area contributed by atoms with Crippen LogP contribution < -0.4 is 10.5 Å². The molecule has 1 aromatic heterocycles. The first kappa shape index (κ1) is 15.0. The minimum atomic E-state index is 0.478. The van der Waals surface area contributed by atoms with Gasteiger partial charge in [-0.1, -0.05) is 0 Å². The van der Waals surface area contributed by atoms with Gasteiger partial charge in [0, 0.05) is 11.1 Å². The summed E-state index contributed by atoms with van der Waals surface area (Å²) in [4.78, 5) is 4.38. The first-order chi connectivity index (χ1) is 9.10. The normalized spacial score (nSPS) is 10.7. The molecule has 2 N–H and O–H groups in total. The first-order valence-corrected chi connectivity index (χ1v) is 8.28. The zero-order valence-electron chi connectivity index (χ0n) is 10.5. The van der Waals surface area contributed by atoms with Crippen molar-refractivity contribution in [2.75, 3.05) is 6.54 Å². The minimum absolute atomic E-state index is 0.478. The Bertz CT molecular complexity index is 549. The predicted molar refractivity (Wildman–Crippen MR) is 85.8 cm³/mol. The number of rotatable bonds is 5. The topological polar surface area (TPSA) is 48.1 Å². The van der Waals surface area contributed by atoms with Gasteiger partial charge in [-0.15, -0.1) is 11.3 Å². The van der Waals surface area contributed by atoms with Crippen molar-refractivity contribution in [3.8, 4) is 5.75 Å². The number of hydrogen-bond donors (Lipinski definition) is 1. The lowest BCUT2D eigenvalue weighted by Gasteiger charge is -2.11. The second kappa shape index (κ2) is 6.83. The third-order valence-corrected chi connectivity index (χ3v) is 4.62. The van der Waals surface area contributed by atoms with Crippen molar-refractivity contribution in [2.24, 2.45) is 5.73 Å². The number of nitrogens with zero attached hydrogens (tertiary/aromatic N) is 1. The van der Waals surface area contributed by atoms with Crippen molar-refractivity contribution in [3.05, 3.63) is 42.7 Å². The zero-order valence-corrected chi connectivity index (χ0v) is 14.4. The van der Waals surface area contributed by atoms with Crippen LogP contribution in [0.5, 0.6) is 5.75 Å². The fourth-order valence-electron chi connectivity index (χ4n) is 1.66. The largest absolute Gasteiger partial charge is 0.484 e. The van der Waals surface area contributed by atoms with Crippen molar-refractivity contribution >= 4 is 43.2 Å². The molecule has 0 saturated heterocycles. The van der Waals surface area contributed by atoms with E-state index in [1.165, 1.54) is 5.56 Å². The van der Waals surface area contributed by atoms with Crippen molar-refractivity contribution in [2.45, 2.75) is 20.0 Å². The number of ether oxygens (including phenoxy) is 1. The molecule has 0 amide bonds. The Kier molecular flexibility index (Phi) is 5.38. The van der Waals surface area contributed by atoms with Crippen LogP contribution >= 0.6 is 43.2 Å². The van der Waals surface area contributed by atoms with Gasteiger partial charge in [0.05, 0.1) is 8.95 Å². The number of aromatic nitrogens is 1. The van der Waals surface area contributed by atoms with Crippen molar-refractivity contribution < 1.29 is 4.74 Å². The molecule has 0 unspecified atom stereocenters. The van der Waals surface area contributed by atoms with Crippen LogP contribution in [0.2, 0.25) is 0 Å². The van der Waals surface area contributed by atoms with Gasteiger partial charge in [0.2, 0.25) is 0 Å². The number of benzene rings is 1. The van der Waals surface area contributed by atoms with Gasteiger partial charge in [0.1, 0.15) is 17.4 Å². The summed E-state index contributed by atoms with van der Waals surface area (Å²) in [6.45, 7) is 3.09. The van der Waals surface area contributed by atoms with Crippen LogP contribution in [0.25, 0.3) is 0 Å². The van der Waals surface area contributed by atoms with Crippen LogP contribution in [0.15, 0.2) is 26.5 Å². The summed E-state index contributed by atoms with van der Waals surface area (Å²) in [5, 5.41) is 3.00. The Morgan fingerprint density at radius 1 is 1.32 bits per heavy atom. The van der Waals surface area contributed by atoms with Crippen LogP contribution in [-0.4, -0.2) is 11.5 Å². The zero-order chi connectivity index (χ0) is 13.8. The monoisotopic (exact) mass is 404 g/mol. The summed E-state index contributed by atoms with van der Waals surface area (Å²) in [7, 11) is 0. The highest BCUT2D eigenvalue weighted by molar-refractivity contribution is 9.11. The summed E-state index contributed by atoms with van der Waals surface area (Å²) in [5.41, 5.74) is 7.77. The first-order valence-electron chi connectivity index (χ1n) is 5.82. The molecule has 0 aliphatic carbocycles. The number of thiazole rings is 1. The molecule has 0 saturated carbocycles. The quantitative estimate of drug-likeness (QED) is 0.815. The van der Waals surface area contributed by atoms with E-state index in [1.807, 2.05) is 24.4 Å². The highest BCUT2D eigenvalue weighted by Gasteiger charge is 2.10. The van der Waals surface area contributed by atoms with Crippen molar-refractivity contribution in [3.63, 3.8) is 0 Å². The van der Waals surface area contributed by atoms with E-state index in [1.54, 1.807) is 11.3 Å². The minimum Gasteiger partial charge on any atom is -0.484 e. The van der Waals surface area contributed by atoms with Crippen LogP contribution in [-0.2, 0) is 13.0 Å². The molecule has 0 fully saturated rings. The number of nitrogens with two attached hydrogens (primary N) is 1. The predicted octanol–water partition coefficient (Wildman–Crippen LogP) is 4.06. The third kappa shape index (κ3) is 4.02. The highest BCUT2D eigenvalue weighted by Crippen LogP contribution is 2.35. The van der Waals surface area contributed by atoms with Gasteiger partial charge in [-0.3, -0.25) is 0 Å². The van der Waals surface area contributed by atoms with E-state index in [-0.39, 0.29) is 0 Å². The molecule has 0 spiro atoms. The lowest BCUT2D eigenvalue weighted by Crippen LogP contribution is -2.03. The van der Waals surface area contributed by atoms with Gasteiger partial charge in [-0.2, -0.15) is 0 Å². The summed E-state index contributed by atoms with van der Waals surface area (Å²) in [5.74, 6) is 0.800. The maximum absolute atomic E-state index is 5.82. The molecule has 0 bridgehead atoms. The lowest BCUT2D eigenvalue weighted by atomic mass is 10.1. The van der Waals surface area contributed by atoms with Crippen LogP contribution in [0, 0.1) is 6.92 Å². The third-order valence-electron chi connectivity index (χ3n) is 2.50. The Labute approximate surface area is 133 Å². The Hall–Kier alpha value is -0.430. The molecule has 102 valence electrons. The van der Waals surface area contributed by atoms with Gasteiger partial charge in [0.25, 0.3) is 0 Å². The van der Waals surface area contributed by atoms with Gasteiger partial charge in [-0.05, 0) is 69.4 Å². The fourth-order valence-corrected chi connectivity index (χ4v) is 3.86. The average Bonchev–Trinajstić information content (AvgIpc) is 2.74. The van der Waals surface area contributed by atoms with Gasteiger partial charge in [-0.25, -0.2) is 4.98 Å². The summed E-state index contributed by atoms with van der Waals surface area (Å²) < 4.78 is 7.68. The van der Waals surface area contributed by atoms with Crippen LogP contribution in [0.4, 0.5) is 0 Å². The molecule has 19 heavy (non-hydrogen) atoms. The Morgan fingerprint density at radius 2 is 2.00 bits per heavy atom. The van der Waals surface area contributed by atoms with E-state index in [0.717, 1.165) is 31.8 Å². The molecule has 2 aromatic rings. The molecule has 1 aromatic carbocycles. The molecule has 3 nitrogen and oxygen atoms in total. The second-order valence-electron chi connectivity index (χ2n) is 4.10. The van der Waals surface area contributed by atoms with E-state index in [4.69, 9.17) is 10.5 Å². The summed E-state index contributed by atoms with van der Waals surface area (Å²) in [6, 6.07) is 4.08. The van der Waals surface area contributed by atoms with E-state index >= 15 is 0 Å². The number of halogens is 2. The van der Waals surface area contributed by atoms with Crippen LogP contribution in [0.1, 0.15) is 16.3 Å². The SMILES string of the molecule is Cc1csc(COc2c(Br)cc(CCN)cc2Br)n1. The molecular formula is C13H14Br2N2OS. The number of aryl methyl sites for hydroxylation is 1. The molecule has 1 heterocycles. The Balaban J connectivity index is 2.11. The molecule has 0 aliphatic heterocycles. The molecule has 2 rings (SSSR count). The summed E-state index contributed by atoms with van der Waals surface area (Å²) in [6.07, 6.45) is 0.850. The molecule has 0 radical (unpaired) electrons. The average molecular weight is 406 g/mol. The smallest absolute Gasteiger partial charge is 0.148 e. The molecule has 0 atom stereocenters. The van der Waals surface area contributed by atoms with Gasteiger partial charge < -0.3 is 10.5 Å². The lowest BCUT2D eigenvalue weighted by molar-refractivity contribution is 0.301. The second-order valence-corrected chi connectivity index (χ2v) is 6.75. The standard InChI is InChI=1S/C13H14Br2N2OS/c1-8-7-19-12(17-8)6-18-13-10(14)4-9(2-3-16)5-11(13)15/h4-5,7H,2-3,6,16H2,1H3. The van der Waals surface area contributed by atoms with Crippen LogP contribution in [0.3, 0.4) is 0 Å². The Morgan fingerprint density at radius 3 is 2.53 bits per heavy atom. The number of hydrogen-bond acceptors (Lipinski definition) is 4.